The van der Waals surface area contributed by atoms with E-state index in [0.29, 0.717) is 0 Å². The van der Waals surface area contributed by atoms with Gasteiger partial charge in [0, 0.05) is 31.7 Å². The van der Waals surface area contributed by atoms with Crippen molar-refractivity contribution < 1.29 is 0 Å². The molecule has 0 saturated heterocycles. The fraction of sp³-hybridized carbons (Fsp3) is 0.100. The van der Waals surface area contributed by atoms with Crippen molar-refractivity contribution in [2.45, 2.75) is 13.8 Å². The molecule has 2 nitrogen and oxygen atoms in total. The SMILES string of the molecule is Cc1cc(Br)c2ccc3c(-c4cccc(Cl)c4)cc(C)nc3c2n1. The van der Waals surface area contributed by atoms with Crippen molar-refractivity contribution >= 4 is 49.3 Å². The van der Waals surface area contributed by atoms with Gasteiger partial charge in [-0.3, -0.25) is 9.97 Å². The summed E-state index contributed by atoms with van der Waals surface area (Å²) in [7, 11) is 0. The molecular formula is C20H14BrClN2. The van der Waals surface area contributed by atoms with Crippen molar-refractivity contribution in [2.24, 2.45) is 0 Å². The summed E-state index contributed by atoms with van der Waals surface area (Å²) in [6, 6.07) is 16.3. The minimum absolute atomic E-state index is 0.729. The van der Waals surface area contributed by atoms with Crippen LogP contribution in [-0.2, 0) is 0 Å². The van der Waals surface area contributed by atoms with E-state index in [9.17, 15) is 0 Å². The lowest BCUT2D eigenvalue weighted by atomic mass is 9.99. The molecule has 4 heteroatoms. The van der Waals surface area contributed by atoms with Gasteiger partial charge in [0.2, 0.25) is 0 Å². The first-order chi connectivity index (χ1) is 11.5. The van der Waals surface area contributed by atoms with Crippen molar-refractivity contribution in [3.8, 4) is 11.1 Å². The van der Waals surface area contributed by atoms with Gasteiger partial charge in [-0.1, -0.05) is 51.8 Å². The monoisotopic (exact) mass is 396 g/mol. The normalized spacial score (nSPS) is 11.3. The second-order valence-electron chi connectivity index (χ2n) is 5.92. The smallest absolute Gasteiger partial charge is 0.0979 e. The van der Waals surface area contributed by atoms with Crippen molar-refractivity contribution in [3.05, 3.63) is 69.4 Å². The molecular weight excluding hydrogens is 384 g/mol. The molecule has 0 atom stereocenters. The van der Waals surface area contributed by atoms with Gasteiger partial charge in [0.25, 0.3) is 0 Å². The Kier molecular flexibility index (Phi) is 3.78. The molecule has 0 spiro atoms. The van der Waals surface area contributed by atoms with Crippen molar-refractivity contribution in [2.75, 3.05) is 0 Å². The highest BCUT2D eigenvalue weighted by Gasteiger charge is 2.12. The van der Waals surface area contributed by atoms with E-state index in [-0.39, 0.29) is 0 Å². The molecule has 0 unspecified atom stereocenters. The molecule has 24 heavy (non-hydrogen) atoms. The fourth-order valence-corrected chi connectivity index (χ4v) is 3.92. The number of fused-ring (bicyclic) bond motifs is 3. The first kappa shape index (κ1) is 15.6. The Labute approximate surface area is 153 Å². The number of halogens is 2. The number of rotatable bonds is 1. The van der Waals surface area contributed by atoms with E-state index >= 15 is 0 Å². The van der Waals surface area contributed by atoms with Crippen molar-refractivity contribution in [1.82, 2.24) is 9.97 Å². The second-order valence-corrected chi connectivity index (χ2v) is 7.22. The number of aryl methyl sites for hydroxylation is 2. The van der Waals surface area contributed by atoms with Crippen molar-refractivity contribution in [3.63, 3.8) is 0 Å². The minimum Gasteiger partial charge on any atom is -0.251 e. The molecule has 0 aliphatic heterocycles. The molecule has 2 heterocycles. The van der Waals surface area contributed by atoms with Gasteiger partial charge in [0.1, 0.15) is 0 Å². The molecule has 118 valence electrons. The van der Waals surface area contributed by atoms with E-state index in [0.717, 1.165) is 53.8 Å². The van der Waals surface area contributed by atoms with Gasteiger partial charge in [0.15, 0.2) is 0 Å². The topological polar surface area (TPSA) is 25.8 Å². The Hall–Kier alpha value is -1.97. The Bertz CT molecular complexity index is 1110. The Morgan fingerprint density at radius 1 is 0.833 bits per heavy atom. The number of nitrogens with zero attached hydrogens (tertiary/aromatic N) is 2. The third kappa shape index (κ3) is 2.58. The number of benzene rings is 2. The van der Waals surface area contributed by atoms with E-state index in [1.807, 2.05) is 38.1 Å². The number of hydrogen-bond donors (Lipinski definition) is 0. The van der Waals surface area contributed by atoms with E-state index in [1.165, 1.54) is 0 Å². The van der Waals surface area contributed by atoms with E-state index in [1.54, 1.807) is 0 Å². The predicted molar refractivity (Wildman–Crippen MR) is 105 cm³/mol. The summed E-state index contributed by atoms with van der Waals surface area (Å²) < 4.78 is 1.04. The van der Waals surface area contributed by atoms with E-state index in [4.69, 9.17) is 21.6 Å². The van der Waals surface area contributed by atoms with Gasteiger partial charge < -0.3 is 0 Å². The number of pyridine rings is 2. The maximum Gasteiger partial charge on any atom is 0.0979 e. The van der Waals surface area contributed by atoms with Crippen LogP contribution in [0.2, 0.25) is 5.02 Å². The lowest BCUT2D eigenvalue weighted by Gasteiger charge is -2.11. The summed E-state index contributed by atoms with van der Waals surface area (Å²) in [5.41, 5.74) is 5.99. The van der Waals surface area contributed by atoms with Gasteiger partial charge in [0.05, 0.1) is 11.0 Å². The number of hydrogen-bond acceptors (Lipinski definition) is 2. The van der Waals surface area contributed by atoms with Gasteiger partial charge in [-0.25, -0.2) is 0 Å². The standard InChI is InChI=1S/C20H14BrClN2/c1-11-8-17(13-4-3-5-14(22)10-13)15-6-7-16-18(21)9-12(2)24-20(16)19(15)23-11/h3-10H,1-2H3. The van der Waals surface area contributed by atoms with E-state index < -0.39 is 0 Å². The first-order valence-corrected chi connectivity index (χ1v) is 8.83. The summed E-state index contributed by atoms with van der Waals surface area (Å²) in [6.45, 7) is 4.01. The molecule has 0 saturated carbocycles. The van der Waals surface area contributed by atoms with Gasteiger partial charge in [-0.15, -0.1) is 0 Å². The zero-order chi connectivity index (χ0) is 16.8. The van der Waals surface area contributed by atoms with Gasteiger partial charge in [-0.05, 0) is 49.2 Å². The highest BCUT2D eigenvalue weighted by molar-refractivity contribution is 9.10. The summed E-state index contributed by atoms with van der Waals surface area (Å²) >= 11 is 9.83. The highest BCUT2D eigenvalue weighted by atomic mass is 79.9. The molecule has 0 radical (unpaired) electrons. The quantitative estimate of drug-likeness (QED) is 0.343. The van der Waals surface area contributed by atoms with Crippen LogP contribution in [0.25, 0.3) is 32.9 Å². The average Bonchev–Trinajstić information content (AvgIpc) is 2.54. The Morgan fingerprint density at radius 2 is 1.50 bits per heavy atom. The molecule has 0 aliphatic rings. The van der Waals surface area contributed by atoms with E-state index in [2.05, 4.69) is 40.2 Å². The van der Waals surface area contributed by atoms with Crippen LogP contribution in [0.5, 0.6) is 0 Å². The number of aromatic nitrogens is 2. The molecule has 0 amide bonds. The molecule has 0 aliphatic carbocycles. The lowest BCUT2D eigenvalue weighted by molar-refractivity contribution is 1.22. The summed E-state index contributed by atoms with van der Waals surface area (Å²) in [4.78, 5) is 9.52. The average molecular weight is 398 g/mol. The second kappa shape index (κ2) is 5.83. The summed E-state index contributed by atoms with van der Waals surface area (Å²) in [6.07, 6.45) is 0. The lowest BCUT2D eigenvalue weighted by Crippen LogP contribution is -1.93. The van der Waals surface area contributed by atoms with Crippen LogP contribution < -0.4 is 0 Å². The van der Waals surface area contributed by atoms with Crippen LogP contribution in [-0.4, -0.2) is 9.97 Å². The first-order valence-electron chi connectivity index (χ1n) is 7.66. The zero-order valence-corrected chi connectivity index (χ0v) is 15.6. The van der Waals surface area contributed by atoms with Crippen LogP contribution in [0, 0.1) is 13.8 Å². The zero-order valence-electron chi connectivity index (χ0n) is 13.3. The highest BCUT2D eigenvalue weighted by Crippen LogP contribution is 2.35. The van der Waals surface area contributed by atoms with Crippen LogP contribution >= 0.6 is 27.5 Å². The van der Waals surface area contributed by atoms with Crippen molar-refractivity contribution in [1.29, 1.82) is 0 Å². The molecule has 0 fully saturated rings. The molecule has 0 bridgehead atoms. The third-order valence-corrected chi connectivity index (χ3v) is 4.99. The minimum atomic E-state index is 0.729. The molecule has 2 aromatic carbocycles. The van der Waals surface area contributed by atoms with Gasteiger partial charge >= 0.3 is 0 Å². The molecule has 2 aromatic heterocycles. The molecule has 4 rings (SSSR count). The maximum atomic E-state index is 6.19. The third-order valence-electron chi connectivity index (χ3n) is 4.10. The Morgan fingerprint density at radius 3 is 2.25 bits per heavy atom. The summed E-state index contributed by atoms with van der Waals surface area (Å²) in [5, 5.41) is 2.89. The predicted octanol–water partition coefficient (Wildman–Crippen LogP) is 6.48. The fourth-order valence-electron chi connectivity index (χ4n) is 3.08. The van der Waals surface area contributed by atoms with Gasteiger partial charge in [-0.2, -0.15) is 0 Å². The Balaban J connectivity index is 2.15. The van der Waals surface area contributed by atoms with Crippen LogP contribution in [0.15, 0.2) is 53.0 Å². The molecule has 0 N–H and O–H groups in total. The largest absolute Gasteiger partial charge is 0.251 e. The van der Waals surface area contributed by atoms with Crippen LogP contribution in [0.4, 0.5) is 0 Å². The summed E-state index contributed by atoms with van der Waals surface area (Å²) in [5.74, 6) is 0. The molecule has 4 aromatic rings. The van der Waals surface area contributed by atoms with Crippen LogP contribution in [0.3, 0.4) is 0 Å². The van der Waals surface area contributed by atoms with Crippen LogP contribution in [0.1, 0.15) is 11.4 Å². The maximum absolute atomic E-state index is 6.19.